The molecule has 2 aliphatic heterocycles. The summed E-state index contributed by atoms with van der Waals surface area (Å²) in [6.45, 7) is 5.84. The molecule has 0 aliphatic carbocycles. The second kappa shape index (κ2) is 21.5. The first-order chi connectivity index (χ1) is 15.6. The number of nitrogens with zero attached hydrogens (tertiary/aromatic N) is 8. The summed E-state index contributed by atoms with van der Waals surface area (Å²) in [5, 5.41) is 13.9. The molecule has 0 bridgehead atoms. The molecule has 0 aromatic carbocycles. The molecule has 0 spiro atoms. The van der Waals surface area contributed by atoms with E-state index in [1.165, 1.54) is 0 Å². The molecule has 0 saturated carbocycles. The normalized spacial score (nSPS) is 12.7. The van der Waals surface area contributed by atoms with Crippen molar-refractivity contribution in [1.82, 2.24) is 28.7 Å². The fraction of sp³-hybridized carbons (Fsp3) is 0.409. The Bertz CT molecular complexity index is 828. The predicted octanol–water partition coefficient (Wildman–Crippen LogP) is 3.96. The van der Waals surface area contributed by atoms with E-state index in [1.807, 2.05) is 71.9 Å². The first-order valence-electron chi connectivity index (χ1n) is 9.42. The molecule has 11 nitrogen and oxygen atoms in total. The van der Waals surface area contributed by atoms with Crippen molar-refractivity contribution in [2.24, 2.45) is 14.1 Å². The van der Waals surface area contributed by atoms with E-state index in [1.54, 1.807) is 0 Å². The van der Waals surface area contributed by atoms with Gasteiger partial charge in [0.25, 0.3) is 0 Å². The van der Waals surface area contributed by atoms with Crippen molar-refractivity contribution >= 4 is 45.7 Å². The molecular weight excluding hydrogens is 781 g/mol. The van der Waals surface area contributed by atoms with E-state index in [4.69, 9.17) is 15.0 Å². The molecule has 14 heteroatoms. The number of hydrogen-bond acceptors (Lipinski definition) is 5. The first-order valence-corrected chi connectivity index (χ1v) is 19.2. The maximum absolute atomic E-state index is 8.56. The number of aromatic nitrogens is 4. The number of carboxylic acid groups (broad SMARTS) is 2. The van der Waals surface area contributed by atoms with Crippen LogP contribution in [0.15, 0.2) is 62.2 Å². The van der Waals surface area contributed by atoms with E-state index in [0.717, 1.165) is 23.4 Å². The number of carbonyl (C=O) groups is 1. The van der Waals surface area contributed by atoms with Gasteiger partial charge in [0.05, 0.1) is 14.1 Å². The van der Waals surface area contributed by atoms with Gasteiger partial charge in [0.15, 0.2) is 0 Å². The Labute approximate surface area is 246 Å². The number of rotatable bonds is 4. The maximum atomic E-state index is 8.56. The summed E-state index contributed by atoms with van der Waals surface area (Å²) in [5.41, 5.74) is 0. The predicted molar refractivity (Wildman–Crippen MR) is 156 cm³/mol. The van der Waals surface area contributed by atoms with Gasteiger partial charge in [-0.15, -0.1) is 0 Å². The van der Waals surface area contributed by atoms with E-state index in [0.29, 0.717) is 0 Å². The molecule has 2 aromatic rings. The minimum absolute atomic E-state index is 0. The molecule has 0 atom stereocenters. The van der Waals surface area contributed by atoms with Crippen LogP contribution in [-0.2, 0) is 30.9 Å². The van der Waals surface area contributed by atoms with Crippen LogP contribution in [0.5, 0.6) is 0 Å². The third kappa shape index (κ3) is 17.8. The summed E-state index contributed by atoms with van der Waals surface area (Å²) in [6.07, 6.45) is 18.6. The van der Waals surface area contributed by atoms with Crippen LogP contribution in [-0.4, -0.2) is 65.9 Å². The third-order valence-electron chi connectivity index (χ3n) is 3.95. The Kier molecular flexibility index (Phi) is 23.3. The van der Waals surface area contributed by atoms with Crippen molar-refractivity contribution < 1.29 is 34.2 Å². The van der Waals surface area contributed by atoms with Crippen molar-refractivity contribution in [2.75, 3.05) is 20.8 Å². The molecule has 2 N–H and O–H groups in total. The van der Waals surface area contributed by atoms with Gasteiger partial charge >= 0.3 is 55.8 Å². The second-order valence-corrected chi connectivity index (χ2v) is 19.6. The average Bonchev–Trinajstić information content (AvgIpc) is 3.49. The summed E-state index contributed by atoms with van der Waals surface area (Å²) >= 11 is 4.69. The fourth-order valence-electron chi connectivity index (χ4n) is 2.72. The molecule has 2 aromatic heterocycles. The molecule has 0 saturated heterocycles. The van der Waals surface area contributed by atoms with E-state index in [2.05, 4.69) is 109 Å². The molecule has 211 valence electrons. The van der Waals surface area contributed by atoms with Gasteiger partial charge < -0.3 is 29.8 Å². The van der Waals surface area contributed by atoms with E-state index in [-0.39, 0.29) is 22.3 Å². The van der Waals surface area contributed by atoms with Crippen LogP contribution in [0.2, 0.25) is 0 Å². The van der Waals surface area contributed by atoms with Gasteiger partial charge in [-0.1, -0.05) is 22.3 Å². The molecule has 0 fully saturated rings. The van der Waals surface area contributed by atoms with E-state index in [9.17, 15) is 0 Å². The van der Waals surface area contributed by atoms with Crippen molar-refractivity contribution in [3.8, 4) is 0 Å². The number of hydrogen-bond donors (Lipinski definition) is 2. The van der Waals surface area contributed by atoms with Crippen molar-refractivity contribution in [2.45, 2.75) is 28.9 Å². The van der Waals surface area contributed by atoms with Crippen molar-refractivity contribution in [3.05, 3.63) is 75.6 Å². The van der Waals surface area contributed by atoms with Gasteiger partial charge in [-0.25, -0.2) is 13.9 Å². The summed E-state index contributed by atoms with van der Waals surface area (Å²) in [5.74, 6) is 0. The van der Waals surface area contributed by atoms with Crippen molar-refractivity contribution in [3.63, 3.8) is 0 Å². The number of imidazole rings is 2. The van der Waals surface area contributed by atoms with E-state index < -0.39 is 6.16 Å². The van der Waals surface area contributed by atoms with Crippen molar-refractivity contribution in [1.29, 1.82) is 0 Å². The summed E-state index contributed by atoms with van der Waals surface area (Å²) in [4.78, 5) is 16.9. The molecule has 36 heavy (non-hydrogen) atoms. The average molecular weight is 823 g/mol. The van der Waals surface area contributed by atoms with Crippen LogP contribution >= 0.6 is 39.5 Å². The standard InChI is InChI=1S/2C9H14N4.CH2O3.3CH4.2HI.Rh/c2*1-10-3-5-12(7-10)9-13-6-4-11(2)8-13;2-1(3)4;;;;;;/h2*3-8H,9H2,1-2H3;(H2,2,3,4);3*1H4;2*1H;/q-2;+2;;;;;;;+2/p-2. The van der Waals surface area contributed by atoms with Crippen LogP contribution in [0.4, 0.5) is 4.79 Å². The van der Waals surface area contributed by atoms with Crippen LogP contribution < -0.4 is 9.13 Å². The number of aryl methyl sites for hydroxylation is 2. The topological polar surface area (TPSA) is 88.1 Å². The van der Waals surface area contributed by atoms with Crippen LogP contribution in [0, 0.1) is 13.3 Å². The van der Waals surface area contributed by atoms with Gasteiger partial charge in [0, 0.05) is 6.67 Å². The van der Waals surface area contributed by atoms with Gasteiger partial charge in [-0.05, 0) is 38.9 Å². The van der Waals surface area contributed by atoms with Crippen LogP contribution in [0.3, 0.4) is 0 Å². The quantitative estimate of drug-likeness (QED) is 0.209. The zero-order valence-corrected chi connectivity index (χ0v) is 24.8. The minimum atomic E-state index is -1.83. The SMILES string of the molecule is C.C.C.CN1C=CN(CN2C=CN(C)[CH-]2)[CH-]1.C[n+]1ccn(Cn2cc[n+](C)c2)c1.O=C(O)O.[I][Rh][I]. The zero-order chi connectivity index (χ0) is 24.8. The molecule has 4 heterocycles. The van der Waals surface area contributed by atoms with Gasteiger partial charge in [-0.2, -0.15) is 22.5 Å². The first kappa shape index (κ1) is 39.0. The van der Waals surface area contributed by atoms with E-state index >= 15 is 0 Å². The van der Waals surface area contributed by atoms with Gasteiger partial charge in [0.2, 0.25) is 19.3 Å². The Morgan fingerprint density at radius 2 is 1.14 bits per heavy atom. The van der Waals surface area contributed by atoms with Gasteiger partial charge in [0.1, 0.15) is 24.8 Å². The summed E-state index contributed by atoms with van der Waals surface area (Å²) in [7, 11) is 8.85. The fourth-order valence-corrected chi connectivity index (χ4v) is 2.72. The molecule has 0 unspecified atom stereocenters. The van der Waals surface area contributed by atoms with Gasteiger partial charge in [-0.3, -0.25) is 0 Å². The monoisotopic (exact) mass is 823 g/mol. The third-order valence-corrected chi connectivity index (χ3v) is 3.95. The molecular formula is C22H42I2N8O3Rh. The zero-order valence-electron chi connectivity index (χ0n) is 18.8. The summed E-state index contributed by atoms with van der Waals surface area (Å²) in [6, 6.07) is 0. The molecule has 0 radical (unpaired) electrons. The molecule has 2 aliphatic rings. The Hall–Kier alpha value is -1.55. The Morgan fingerprint density at radius 1 is 0.806 bits per heavy atom. The Balaban J connectivity index is -0.000000453. The molecule has 4 rings (SSSR count). The van der Waals surface area contributed by atoms with Crippen LogP contribution in [0.1, 0.15) is 22.3 Å². The second-order valence-electron chi connectivity index (χ2n) is 6.99. The van der Waals surface area contributed by atoms with Crippen LogP contribution in [0.25, 0.3) is 0 Å². The molecule has 0 amide bonds. The summed E-state index contributed by atoms with van der Waals surface area (Å²) < 4.78 is 8.31. The Morgan fingerprint density at radius 3 is 1.36 bits per heavy atom. The number of halogens is 2.